The molecule has 0 aromatic heterocycles. The molecule has 0 bridgehead atoms. The summed E-state index contributed by atoms with van der Waals surface area (Å²) in [5, 5.41) is 0. The molecule has 0 aromatic rings. The van der Waals surface area contributed by atoms with Crippen LogP contribution in [-0.4, -0.2) is 23.9 Å². The molecule has 1 amide bonds. The molecule has 82 valence electrons. The van der Waals surface area contributed by atoms with Crippen molar-refractivity contribution in [3.8, 4) is 0 Å². The van der Waals surface area contributed by atoms with Crippen molar-refractivity contribution in [3.63, 3.8) is 0 Å². The van der Waals surface area contributed by atoms with Crippen molar-refractivity contribution in [2.24, 2.45) is 0 Å². The lowest BCUT2D eigenvalue weighted by Gasteiger charge is -2.18. The Hall–Kier alpha value is -0.790. The van der Waals surface area contributed by atoms with Gasteiger partial charge in [0, 0.05) is 13.1 Å². The molecule has 0 aliphatic heterocycles. The topological polar surface area (TPSA) is 20.3 Å². The van der Waals surface area contributed by atoms with Gasteiger partial charge in [0.2, 0.25) is 5.91 Å². The normalized spacial score (nSPS) is 10.8. The van der Waals surface area contributed by atoms with Gasteiger partial charge >= 0.3 is 0 Å². The quantitative estimate of drug-likeness (QED) is 0.574. The molecule has 0 radical (unpaired) electrons. The van der Waals surface area contributed by atoms with Crippen molar-refractivity contribution >= 4 is 5.91 Å². The lowest BCUT2D eigenvalue weighted by Crippen LogP contribution is -2.30. The first-order chi connectivity index (χ1) is 6.76. The average Bonchev–Trinajstić information content (AvgIpc) is 2.19. The molecule has 0 rings (SSSR count). The number of unbranched alkanes of at least 4 members (excludes halogenated alkanes) is 2. The van der Waals surface area contributed by atoms with Gasteiger partial charge in [-0.25, -0.2) is 0 Å². The van der Waals surface area contributed by atoms with Crippen LogP contribution < -0.4 is 0 Å². The van der Waals surface area contributed by atoms with Crippen molar-refractivity contribution in [3.05, 3.63) is 12.2 Å². The summed E-state index contributed by atoms with van der Waals surface area (Å²) in [6.07, 6.45) is 8.02. The second-order valence-corrected chi connectivity index (χ2v) is 3.46. The van der Waals surface area contributed by atoms with E-state index >= 15 is 0 Å². The average molecular weight is 197 g/mol. The van der Waals surface area contributed by atoms with E-state index in [1.165, 1.54) is 0 Å². The Morgan fingerprint density at radius 1 is 1.21 bits per heavy atom. The van der Waals surface area contributed by atoms with E-state index in [-0.39, 0.29) is 5.91 Å². The summed E-state index contributed by atoms with van der Waals surface area (Å²) in [5.41, 5.74) is 0. The molecular weight excluding hydrogens is 174 g/mol. The minimum atomic E-state index is 0.161. The van der Waals surface area contributed by atoms with Gasteiger partial charge in [0.05, 0.1) is 0 Å². The molecule has 0 N–H and O–H groups in total. The Labute approximate surface area is 88.0 Å². The molecule has 2 nitrogen and oxygen atoms in total. The van der Waals surface area contributed by atoms with Crippen LogP contribution in [-0.2, 0) is 4.79 Å². The van der Waals surface area contributed by atoms with Crippen molar-refractivity contribution in [1.82, 2.24) is 4.90 Å². The zero-order chi connectivity index (χ0) is 10.8. The summed E-state index contributed by atoms with van der Waals surface area (Å²) in [4.78, 5) is 13.5. The van der Waals surface area contributed by atoms with Crippen LogP contribution in [0.5, 0.6) is 0 Å². The SMILES string of the molecule is CCC/C=C/C(=O)N(CC)CCCC. The number of carbonyl (C=O) groups is 1. The van der Waals surface area contributed by atoms with Crippen LogP contribution in [0.25, 0.3) is 0 Å². The lowest BCUT2D eigenvalue weighted by molar-refractivity contribution is -0.125. The predicted molar refractivity (Wildman–Crippen MR) is 61.2 cm³/mol. The first-order valence-corrected chi connectivity index (χ1v) is 5.71. The Kier molecular flexibility index (Phi) is 8.30. The highest BCUT2D eigenvalue weighted by atomic mass is 16.2. The fourth-order valence-corrected chi connectivity index (χ4v) is 1.23. The first-order valence-electron chi connectivity index (χ1n) is 5.71. The minimum absolute atomic E-state index is 0.161. The van der Waals surface area contributed by atoms with Crippen LogP contribution >= 0.6 is 0 Å². The summed E-state index contributed by atoms with van der Waals surface area (Å²) in [7, 11) is 0. The molecule has 0 aliphatic rings. The third-order valence-electron chi connectivity index (χ3n) is 2.19. The summed E-state index contributed by atoms with van der Waals surface area (Å²) < 4.78 is 0. The van der Waals surface area contributed by atoms with Crippen LogP contribution in [0, 0.1) is 0 Å². The largest absolute Gasteiger partial charge is 0.339 e. The summed E-state index contributed by atoms with van der Waals surface area (Å²) >= 11 is 0. The molecule has 0 aromatic carbocycles. The van der Waals surface area contributed by atoms with Crippen molar-refractivity contribution < 1.29 is 4.79 Å². The van der Waals surface area contributed by atoms with Gasteiger partial charge in [-0.2, -0.15) is 0 Å². The van der Waals surface area contributed by atoms with Gasteiger partial charge in [-0.05, 0) is 25.8 Å². The molecular formula is C12H23NO. The van der Waals surface area contributed by atoms with E-state index in [1.54, 1.807) is 6.08 Å². The number of carbonyl (C=O) groups excluding carboxylic acids is 1. The maximum atomic E-state index is 11.6. The van der Waals surface area contributed by atoms with E-state index < -0.39 is 0 Å². The van der Waals surface area contributed by atoms with Gasteiger partial charge in [0.15, 0.2) is 0 Å². The van der Waals surface area contributed by atoms with E-state index in [2.05, 4.69) is 13.8 Å². The van der Waals surface area contributed by atoms with Crippen LogP contribution in [0.2, 0.25) is 0 Å². The second kappa shape index (κ2) is 8.79. The van der Waals surface area contributed by atoms with Crippen molar-refractivity contribution in [2.45, 2.75) is 46.5 Å². The van der Waals surface area contributed by atoms with Gasteiger partial charge in [0.1, 0.15) is 0 Å². The Balaban J connectivity index is 3.90. The van der Waals surface area contributed by atoms with Crippen LogP contribution in [0.1, 0.15) is 46.5 Å². The molecule has 0 saturated heterocycles. The highest BCUT2D eigenvalue weighted by Gasteiger charge is 2.05. The number of nitrogens with zero attached hydrogens (tertiary/aromatic N) is 1. The number of allylic oxidation sites excluding steroid dienone is 1. The second-order valence-electron chi connectivity index (χ2n) is 3.46. The standard InChI is InChI=1S/C12H23NO/c1-4-7-9-10-12(14)13(6-3)11-8-5-2/h9-10H,4-8,11H2,1-3H3/b10-9+. The van der Waals surface area contributed by atoms with E-state index in [9.17, 15) is 4.79 Å². The van der Waals surface area contributed by atoms with Crippen LogP contribution in [0.4, 0.5) is 0 Å². The zero-order valence-corrected chi connectivity index (χ0v) is 9.75. The molecule has 0 atom stereocenters. The Bertz CT molecular complexity index is 175. The highest BCUT2D eigenvalue weighted by Crippen LogP contribution is 1.98. The molecule has 0 spiro atoms. The molecule has 0 fully saturated rings. The third-order valence-corrected chi connectivity index (χ3v) is 2.19. The van der Waals surface area contributed by atoms with Gasteiger partial charge in [-0.3, -0.25) is 4.79 Å². The Morgan fingerprint density at radius 3 is 2.43 bits per heavy atom. The lowest BCUT2D eigenvalue weighted by atomic mass is 10.3. The minimum Gasteiger partial charge on any atom is -0.339 e. The summed E-state index contributed by atoms with van der Waals surface area (Å²) in [6.45, 7) is 7.99. The molecule has 14 heavy (non-hydrogen) atoms. The molecule has 0 aliphatic carbocycles. The van der Waals surface area contributed by atoms with Crippen molar-refractivity contribution in [1.29, 1.82) is 0 Å². The smallest absolute Gasteiger partial charge is 0.246 e. The predicted octanol–water partition coefficient (Wildman–Crippen LogP) is 2.99. The zero-order valence-electron chi connectivity index (χ0n) is 9.75. The van der Waals surface area contributed by atoms with Gasteiger partial charge in [-0.15, -0.1) is 0 Å². The van der Waals surface area contributed by atoms with Crippen LogP contribution in [0.15, 0.2) is 12.2 Å². The van der Waals surface area contributed by atoms with Gasteiger partial charge < -0.3 is 4.90 Å². The van der Waals surface area contributed by atoms with E-state index in [1.807, 2.05) is 17.9 Å². The fraction of sp³-hybridized carbons (Fsp3) is 0.750. The van der Waals surface area contributed by atoms with E-state index in [0.717, 1.165) is 38.8 Å². The molecule has 2 heteroatoms. The highest BCUT2D eigenvalue weighted by molar-refractivity contribution is 5.87. The maximum Gasteiger partial charge on any atom is 0.246 e. The van der Waals surface area contributed by atoms with E-state index in [0.29, 0.717) is 0 Å². The fourth-order valence-electron chi connectivity index (χ4n) is 1.23. The molecule has 0 saturated carbocycles. The number of rotatable bonds is 7. The number of hydrogen-bond acceptors (Lipinski definition) is 1. The number of hydrogen-bond donors (Lipinski definition) is 0. The van der Waals surface area contributed by atoms with Crippen LogP contribution in [0.3, 0.4) is 0 Å². The van der Waals surface area contributed by atoms with E-state index in [4.69, 9.17) is 0 Å². The van der Waals surface area contributed by atoms with Crippen molar-refractivity contribution in [2.75, 3.05) is 13.1 Å². The maximum absolute atomic E-state index is 11.6. The molecule has 0 heterocycles. The summed E-state index contributed by atoms with van der Waals surface area (Å²) in [5.74, 6) is 0.161. The first kappa shape index (κ1) is 13.2. The van der Waals surface area contributed by atoms with Gasteiger partial charge in [0.25, 0.3) is 0 Å². The summed E-state index contributed by atoms with van der Waals surface area (Å²) in [6, 6.07) is 0. The monoisotopic (exact) mass is 197 g/mol. The number of amides is 1. The Morgan fingerprint density at radius 2 is 1.93 bits per heavy atom. The molecule has 0 unspecified atom stereocenters. The third kappa shape index (κ3) is 5.79. The van der Waals surface area contributed by atoms with Gasteiger partial charge in [-0.1, -0.05) is 32.8 Å². The number of likely N-dealkylation sites (N-methyl/N-ethyl adjacent to an activating group) is 1.